The minimum absolute atomic E-state index is 0.0191. The first kappa shape index (κ1) is 30.0. The molecular formula is C29H44N6O2. The van der Waals surface area contributed by atoms with E-state index in [1.54, 1.807) is 22.9 Å². The molecule has 1 saturated heterocycles. The van der Waals surface area contributed by atoms with E-state index in [1.807, 2.05) is 34.9 Å². The lowest BCUT2D eigenvalue weighted by atomic mass is 9.95. The number of nitrogens with zero attached hydrogens (tertiary/aromatic N) is 6. The Balaban J connectivity index is 2.73. The van der Waals surface area contributed by atoms with Crippen LogP contribution in [0, 0.1) is 19.8 Å². The summed E-state index contributed by atoms with van der Waals surface area (Å²) in [6, 6.07) is 2.03. The van der Waals surface area contributed by atoms with E-state index in [1.165, 1.54) is 6.08 Å². The first-order valence-corrected chi connectivity index (χ1v) is 12.8. The molecule has 0 bridgehead atoms. The Hall–Kier alpha value is -3.26. The monoisotopic (exact) mass is 508 g/mol. The van der Waals surface area contributed by atoms with Crippen molar-refractivity contribution in [1.29, 1.82) is 0 Å². The highest BCUT2D eigenvalue weighted by molar-refractivity contribution is 6.05. The number of carbonyl (C=O) groups excluding carboxylic acids is 2. The lowest BCUT2D eigenvalue weighted by Crippen LogP contribution is -2.55. The number of amidine groups is 1. The fourth-order valence-corrected chi connectivity index (χ4v) is 5.09. The molecular weight excluding hydrogens is 464 g/mol. The van der Waals surface area contributed by atoms with Crippen LogP contribution in [-0.2, 0) is 9.59 Å². The van der Waals surface area contributed by atoms with Crippen LogP contribution >= 0.6 is 0 Å². The van der Waals surface area contributed by atoms with E-state index in [2.05, 4.69) is 49.8 Å². The Kier molecular flexibility index (Phi) is 10.4. The van der Waals surface area contributed by atoms with Crippen molar-refractivity contribution in [2.45, 2.75) is 53.6 Å². The molecule has 1 aliphatic rings. The number of amides is 2. The highest BCUT2D eigenvalue weighted by Gasteiger charge is 2.33. The van der Waals surface area contributed by atoms with Crippen LogP contribution < -0.4 is 4.90 Å². The minimum Gasteiger partial charge on any atom is -0.350 e. The van der Waals surface area contributed by atoms with Crippen LogP contribution in [0.1, 0.15) is 44.5 Å². The number of hydrogen-bond donors (Lipinski definition) is 0. The summed E-state index contributed by atoms with van der Waals surface area (Å²) in [5, 5.41) is 0. The number of pyridine rings is 1. The van der Waals surface area contributed by atoms with E-state index in [-0.39, 0.29) is 23.9 Å². The van der Waals surface area contributed by atoms with Gasteiger partial charge in [-0.05, 0) is 71.0 Å². The predicted molar refractivity (Wildman–Crippen MR) is 153 cm³/mol. The van der Waals surface area contributed by atoms with Gasteiger partial charge in [0.2, 0.25) is 12.3 Å². The van der Waals surface area contributed by atoms with Crippen molar-refractivity contribution in [2.24, 2.45) is 10.9 Å². The maximum Gasteiger partial charge on any atom is 0.246 e. The standard InChI is InChI=1S/C29H44N6O2/c1-12-20(5)27(26(19(3)4)32(10)11)35(18-36)29-24(16-21(6)23(8)31-29)28(30-9)34-15-14-33(17-22(34)7)25(37)13-2/h12-13,16,18-19,22,26H,1-2,14-15,17H2,3-11H3/b27-20+,30-28?. The SMILES string of the molecule is C=CC(=O)N1CCN(C(=NC)c2cc(C)c(C)nc2N(C=O)/C(=C(\C)C=C)C(C(C)C)N(C)C)C(C)C1. The Morgan fingerprint density at radius 3 is 2.32 bits per heavy atom. The first-order valence-electron chi connectivity index (χ1n) is 12.8. The zero-order valence-corrected chi connectivity index (χ0v) is 24.1. The number of piperazine rings is 1. The number of aromatic nitrogens is 1. The van der Waals surface area contributed by atoms with Crippen LogP contribution in [0.3, 0.4) is 0 Å². The van der Waals surface area contributed by atoms with Crippen LogP contribution in [-0.4, -0.2) is 90.7 Å². The summed E-state index contributed by atoms with van der Waals surface area (Å²) in [7, 11) is 5.79. The third-order valence-corrected chi connectivity index (χ3v) is 7.06. The van der Waals surface area contributed by atoms with Gasteiger partial charge in [-0.3, -0.25) is 19.5 Å². The van der Waals surface area contributed by atoms with Gasteiger partial charge in [-0.1, -0.05) is 33.1 Å². The second-order valence-corrected chi connectivity index (χ2v) is 10.2. The van der Waals surface area contributed by atoms with Crippen LogP contribution in [0.4, 0.5) is 5.82 Å². The fraction of sp³-hybridized carbons (Fsp3) is 0.517. The van der Waals surface area contributed by atoms with Crippen molar-refractivity contribution in [1.82, 2.24) is 19.7 Å². The first-order chi connectivity index (χ1) is 17.4. The zero-order chi connectivity index (χ0) is 28.0. The second kappa shape index (κ2) is 12.8. The number of rotatable bonds is 9. The largest absolute Gasteiger partial charge is 0.350 e. The van der Waals surface area contributed by atoms with Gasteiger partial charge in [0.15, 0.2) is 5.82 Å². The van der Waals surface area contributed by atoms with Crippen molar-refractivity contribution < 1.29 is 9.59 Å². The van der Waals surface area contributed by atoms with Gasteiger partial charge in [0.25, 0.3) is 0 Å². The molecule has 8 heteroatoms. The van der Waals surface area contributed by atoms with Crippen molar-refractivity contribution in [2.75, 3.05) is 45.7 Å². The molecule has 0 saturated carbocycles. The highest BCUT2D eigenvalue weighted by Crippen LogP contribution is 2.32. The summed E-state index contributed by atoms with van der Waals surface area (Å²) < 4.78 is 0. The molecule has 0 N–H and O–H groups in total. The van der Waals surface area contributed by atoms with Gasteiger partial charge in [0, 0.05) is 44.1 Å². The van der Waals surface area contributed by atoms with Gasteiger partial charge in [-0.2, -0.15) is 0 Å². The maximum absolute atomic E-state index is 12.9. The Labute approximate surface area is 223 Å². The molecule has 1 aromatic heterocycles. The van der Waals surface area contributed by atoms with Crippen LogP contribution in [0.15, 0.2) is 47.6 Å². The summed E-state index contributed by atoms with van der Waals surface area (Å²) in [4.78, 5) is 42.5. The molecule has 1 aromatic rings. The summed E-state index contributed by atoms with van der Waals surface area (Å²) >= 11 is 0. The lowest BCUT2D eigenvalue weighted by molar-refractivity contribution is -0.128. The molecule has 202 valence electrons. The molecule has 0 aromatic carbocycles. The molecule has 1 aliphatic heterocycles. The van der Waals surface area contributed by atoms with E-state index in [9.17, 15) is 9.59 Å². The van der Waals surface area contributed by atoms with Crippen molar-refractivity contribution in [3.63, 3.8) is 0 Å². The Morgan fingerprint density at radius 2 is 1.86 bits per heavy atom. The minimum atomic E-state index is -0.0692. The number of carbonyl (C=O) groups is 2. The Morgan fingerprint density at radius 1 is 1.22 bits per heavy atom. The molecule has 2 rings (SSSR count). The molecule has 37 heavy (non-hydrogen) atoms. The number of anilines is 1. The van der Waals surface area contributed by atoms with E-state index < -0.39 is 0 Å². The van der Waals surface area contributed by atoms with Crippen LogP contribution in [0.5, 0.6) is 0 Å². The maximum atomic E-state index is 12.9. The quantitative estimate of drug-likeness (QED) is 0.167. The molecule has 2 atom stereocenters. The summed E-state index contributed by atoms with van der Waals surface area (Å²) in [5.74, 6) is 1.45. The molecule has 2 unspecified atom stereocenters. The van der Waals surface area contributed by atoms with Gasteiger partial charge in [-0.15, -0.1) is 0 Å². The molecule has 0 aliphatic carbocycles. The van der Waals surface area contributed by atoms with Crippen molar-refractivity contribution >= 4 is 24.0 Å². The number of allylic oxidation sites excluding steroid dienone is 2. The Bertz CT molecular complexity index is 1080. The van der Waals surface area contributed by atoms with Gasteiger partial charge in [-0.25, -0.2) is 4.98 Å². The lowest BCUT2D eigenvalue weighted by Gasteiger charge is -2.42. The molecule has 0 radical (unpaired) electrons. The van der Waals surface area contributed by atoms with Crippen molar-refractivity contribution in [3.05, 3.63) is 59.5 Å². The second-order valence-electron chi connectivity index (χ2n) is 10.2. The zero-order valence-electron chi connectivity index (χ0n) is 24.1. The highest BCUT2D eigenvalue weighted by atomic mass is 16.2. The molecule has 2 heterocycles. The van der Waals surface area contributed by atoms with Gasteiger partial charge < -0.3 is 14.7 Å². The van der Waals surface area contributed by atoms with Gasteiger partial charge >= 0.3 is 0 Å². The third kappa shape index (κ3) is 6.36. The number of hydrogen-bond acceptors (Lipinski definition) is 5. The number of aryl methyl sites for hydroxylation is 2. The number of aliphatic imine (C=N–C) groups is 1. The van der Waals surface area contributed by atoms with Crippen molar-refractivity contribution in [3.8, 4) is 0 Å². The van der Waals surface area contributed by atoms with Gasteiger partial charge in [0.1, 0.15) is 5.84 Å². The predicted octanol–water partition coefficient (Wildman–Crippen LogP) is 3.80. The molecule has 0 spiro atoms. The third-order valence-electron chi connectivity index (χ3n) is 7.06. The smallest absolute Gasteiger partial charge is 0.246 e. The van der Waals surface area contributed by atoms with Crippen LogP contribution in [0.2, 0.25) is 0 Å². The average Bonchev–Trinajstić information content (AvgIpc) is 2.85. The molecule has 1 fully saturated rings. The van der Waals surface area contributed by atoms with E-state index >= 15 is 0 Å². The summed E-state index contributed by atoms with van der Waals surface area (Å²) in [6.07, 6.45) is 3.99. The van der Waals surface area contributed by atoms with Crippen LogP contribution in [0.25, 0.3) is 0 Å². The number of likely N-dealkylation sites (N-methyl/N-ethyl adjacent to an activating group) is 1. The fourth-order valence-electron chi connectivity index (χ4n) is 5.09. The topological polar surface area (TPSA) is 72.4 Å². The van der Waals surface area contributed by atoms with E-state index in [0.29, 0.717) is 25.5 Å². The average molecular weight is 509 g/mol. The van der Waals surface area contributed by atoms with E-state index in [4.69, 9.17) is 9.98 Å². The van der Waals surface area contributed by atoms with E-state index in [0.717, 1.165) is 40.3 Å². The normalized spacial score (nSPS) is 18.0. The molecule has 8 nitrogen and oxygen atoms in total. The van der Waals surface area contributed by atoms with Gasteiger partial charge in [0.05, 0.1) is 11.6 Å². The summed E-state index contributed by atoms with van der Waals surface area (Å²) in [5.41, 5.74) is 4.39. The summed E-state index contributed by atoms with van der Waals surface area (Å²) in [6.45, 7) is 21.7. The molecule has 2 amide bonds.